The summed E-state index contributed by atoms with van der Waals surface area (Å²) < 4.78 is 45.1. The fraction of sp³-hybridized carbons (Fsp3) is 0.500. The fourth-order valence-corrected chi connectivity index (χ4v) is 5.48. The molecule has 4 N–H and O–H groups in total. The number of hydrogen-bond donors (Lipinski definition) is 4. The van der Waals surface area contributed by atoms with Gasteiger partial charge in [-0.3, -0.25) is 24.0 Å². The van der Waals surface area contributed by atoms with Crippen LogP contribution >= 0.6 is 0 Å². The van der Waals surface area contributed by atoms with Gasteiger partial charge < -0.3 is 40.3 Å². The van der Waals surface area contributed by atoms with Crippen molar-refractivity contribution in [2.24, 2.45) is 0 Å². The van der Waals surface area contributed by atoms with E-state index in [1.165, 1.54) is 22.6 Å². The topological polar surface area (TPSA) is 204 Å². The van der Waals surface area contributed by atoms with E-state index in [9.17, 15) is 52.2 Å². The van der Waals surface area contributed by atoms with E-state index in [-0.39, 0.29) is 57.1 Å². The number of carbonyl (C=O) groups is 6. The minimum atomic E-state index is -4.62. The van der Waals surface area contributed by atoms with Crippen LogP contribution < -0.4 is 15.4 Å². The number of hydrogen-bond acceptors (Lipinski definition) is 8. The van der Waals surface area contributed by atoms with Gasteiger partial charge in [0.05, 0.1) is 5.69 Å². The van der Waals surface area contributed by atoms with E-state index in [2.05, 4.69) is 10.4 Å². The Morgan fingerprint density at radius 3 is 2.24 bits per heavy atom. The Kier molecular flexibility index (Phi) is 11.7. The highest BCUT2D eigenvalue weighted by molar-refractivity contribution is 5.96. The van der Waals surface area contributed by atoms with E-state index in [0.29, 0.717) is 12.1 Å². The standard InChI is InChI=1S/C30H36F3N7O9/c1-18(27(45)39-11-5-8-22(39)26(44)34-17-30(31,32)33)49-23-16-21(36-40(23)19-6-3-2-4-7-19)25(43)35-20(9-10-24(41)42)28(46)37-12-14-38(15-13-37)29(47)48/h2-4,6-7,16,18,20,22H,5,8-15,17H2,1H3,(H,34,44)(H,35,43)(H,41,42)(H,47,48). The number of carboxylic acids is 1. The predicted octanol–water partition coefficient (Wildman–Crippen LogP) is 1.09. The number of amides is 5. The number of ether oxygens (including phenoxy) is 1. The van der Waals surface area contributed by atoms with E-state index in [0.717, 1.165) is 9.80 Å². The third kappa shape index (κ3) is 9.60. The molecule has 2 fully saturated rings. The minimum Gasteiger partial charge on any atom is -0.481 e. The molecule has 16 nitrogen and oxygen atoms in total. The van der Waals surface area contributed by atoms with Crippen molar-refractivity contribution in [2.75, 3.05) is 39.3 Å². The van der Waals surface area contributed by atoms with Gasteiger partial charge in [-0.1, -0.05) is 18.2 Å². The number of nitrogens with zero attached hydrogens (tertiary/aromatic N) is 5. The molecule has 0 spiro atoms. The molecule has 1 aromatic carbocycles. The monoisotopic (exact) mass is 695 g/mol. The lowest BCUT2D eigenvalue weighted by molar-refractivity contribution is -0.147. The molecule has 4 rings (SSSR count). The van der Waals surface area contributed by atoms with E-state index < -0.39 is 73.0 Å². The number of rotatable bonds is 12. The Labute approximate surface area is 277 Å². The van der Waals surface area contributed by atoms with Gasteiger partial charge in [-0.15, -0.1) is 0 Å². The molecule has 0 bridgehead atoms. The summed E-state index contributed by atoms with van der Waals surface area (Å²) in [5.41, 5.74) is 0.157. The molecule has 3 heterocycles. The van der Waals surface area contributed by atoms with Gasteiger partial charge in [0.15, 0.2) is 11.8 Å². The fourth-order valence-electron chi connectivity index (χ4n) is 5.48. The minimum absolute atomic E-state index is 0.0379. The van der Waals surface area contributed by atoms with Crippen molar-refractivity contribution in [2.45, 2.75) is 57.0 Å². The largest absolute Gasteiger partial charge is 0.481 e. The van der Waals surface area contributed by atoms with Crippen LogP contribution in [0, 0.1) is 0 Å². The third-order valence-corrected chi connectivity index (χ3v) is 7.97. The lowest BCUT2D eigenvalue weighted by atomic mass is 10.1. The Morgan fingerprint density at radius 2 is 1.63 bits per heavy atom. The second-order valence-corrected chi connectivity index (χ2v) is 11.5. The van der Waals surface area contributed by atoms with Crippen molar-refractivity contribution in [3.63, 3.8) is 0 Å². The van der Waals surface area contributed by atoms with E-state index in [4.69, 9.17) is 4.74 Å². The van der Waals surface area contributed by atoms with Crippen LogP contribution in [0.25, 0.3) is 5.69 Å². The molecule has 0 radical (unpaired) electrons. The van der Waals surface area contributed by atoms with Crippen LogP contribution in [0.1, 0.15) is 43.1 Å². The van der Waals surface area contributed by atoms with E-state index in [1.54, 1.807) is 30.3 Å². The zero-order valence-electron chi connectivity index (χ0n) is 26.4. The quantitative estimate of drug-likeness (QED) is 0.249. The average molecular weight is 696 g/mol. The third-order valence-electron chi connectivity index (χ3n) is 7.97. The molecule has 2 saturated heterocycles. The van der Waals surface area contributed by atoms with Crippen LogP contribution in [-0.4, -0.2) is 134 Å². The van der Waals surface area contributed by atoms with Gasteiger partial charge in [0, 0.05) is 45.2 Å². The summed E-state index contributed by atoms with van der Waals surface area (Å²) in [7, 11) is 0. The number of halogens is 3. The lowest BCUT2D eigenvalue weighted by Gasteiger charge is -2.35. The first kappa shape index (κ1) is 36.5. The van der Waals surface area contributed by atoms with E-state index >= 15 is 0 Å². The van der Waals surface area contributed by atoms with Crippen molar-refractivity contribution in [3.05, 3.63) is 42.1 Å². The maximum absolute atomic E-state index is 13.5. The predicted molar refractivity (Wildman–Crippen MR) is 162 cm³/mol. The highest BCUT2D eigenvalue weighted by Crippen LogP contribution is 2.24. The molecule has 5 amide bonds. The number of para-hydroxylation sites is 1. The molecule has 2 aromatic rings. The van der Waals surface area contributed by atoms with Crippen LogP contribution in [0.3, 0.4) is 0 Å². The highest BCUT2D eigenvalue weighted by Gasteiger charge is 2.39. The molecule has 3 unspecified atom stereocenters. The number of aromatic nitrogens is 2. The molecule has 19 heteroatoms. The van der Waals surface area contributed by atoms with Gasteiger partial charge in [0.1, 0.15) is 18.6 Å². The van der Waals surface area contributed by atoms with Crippen LogP contribution in [-0.2, 0) is 19.2 Å². The van der Waals surface area contributed by atoms with E-state index in [1.807, 2.05) is 5.32 Å². The van der Waals surface area contributed by atoms with Crippen molar-refractivity contribution in [1.82, 2.24) is 35.1 Å². The van der Waals surface area contributed by atoms with Crippen LogP contribution in [0.4, 0.5) is 18.0 Å². The second-order valence-electron chi connectivity index (χ2n) is 11.5. The molecule has 2 aliphatic heterocycles. The zero-order valence-corrected chi connectivity index (χ0v) is 26.4. The maximum Gasteiger partial charge on any atom is 0.407 e. The van der Waals surface area contributed by atoms with Gasteiger partial charge in [0.2, 0.25) is 17.7 Å². The summed E-state index contributed by atoms with van der Waals surface area (Å²) in [6, 6.07) is 7.11. The molecule has 0 saturated carbocycles. The lowest BCUT2D eigenvalue weighted by Crippen LogP contribution is -2.55. The first-order chi connectivity index (χ1) is 23.1. The maximum atomic E-state index is 13.5. The molecule has 3 atom stereocenters. The summed E-state index contributed by atoms with van der Waals surface area (Å²) in [6.45, 7) is 0.101. The summed E-state index contributed by atoms with van der Waals surface area (Å²) >= 11 is 0. The average Bonchev–Trinajstić information content (AvgIpc) is 3.73. The molecule has 49 heavy (non-hydrogen) atoms. The van der Waals surface area contributed by atoms with Crippen molar-refractivity contribution >= 4 is 35.7 Å². The molecular formula is C30H36F3N7O9. The van der Waals surface area contributed by atoms with Crippen LogP contribution in [0.15, 0.2) is 36.4 Å². The molecule has 1 aromatic heterocycles. The van der Waals surface area contributed by atoms with Crippen molar-refractivity contribution in [1.29, 1.82) is 0 Å². The van der Waals surface area contributed by atoms with Crippen molar-refractivity contribution in [3.8, 4) is 11.6 Å². The first-order valence-corrected chi connectivity index (χ1v) is 15.4. The molecular weight excluding hydrogens is 659 g/mol. The van der Waals surface area contributed by atoms with Gasteiger partial charge >= 0.3 is 18.2 Å². The summed E-state index contributed by atoms with van der Waals surface area (Å²) in [5.74, 6) is -4.39. The summed E-state index contributed by atoms with van der Waals surface area (Å²) in [5, 5.41) is 27.1. The number of nitrogens with one attached hydrogen (secondary N) is 2. The first-order valence-electron chi connectivity index (χ1n) is 15.4. The number of alkyl halides is 3. The Hall–Kier alpha value is -5.36. The van der Waals surface area contributed by atoms with Gasteiger partial charge in [-0.25, -0.2) is 9.48 Å². The van der Waals surface area contributed by atoms with Crippen LogP contribution in [0.5, 0.6) is 5.88 Å². The van der Waals surface area contributed by atoms with Gasteiger partial charge in [-0.05, 0) is 38.3 Å². The highest BCUT2D eigenvalue weighted by atomic mass is 19.4. The molecule has 0 aliphatic carbocycles. The molecule has 2 aliphatic rings. The SMILES string of the molecule is CC(Oc1cc(C(=O)NC(CCC(=O)O)C(=O)N2CCN(C(=O)O)CC2)nn1-c1ccccc1)C(=O)N1CCCC1C(=O)NCC(F)(F)F. The number of carbonyl (C=O) groups excluding carboxylic acids is 4. The number of likely N-dealkylation sites (tertiary alicyclic amines) is 1. The number of piperazine rings is 1. The smallest absolute Gasteiger partial charge is 0.407 e. The Bertz CT molecular complexity index is 1540. The van der Waals surface area contributed by atoms with Gasteiger partial charge in [0.25, 0.3) is 11.8 Å². The second kappa shape index (κ2) is 15.7. The molecule has 266 valence electrons. The number of benzene rings is 1. The van der Waals surface area contributed by atoms with Gasteiger partial charge in [-0.2, -0.15) is 18.3 Å². The van der Waals surface area contributed by atoms with Crippen LogP contribution in [0.2, 0.25) is 0 Å². The Balaban J connectivity index is 1.52. The normalized spacial score (nSPS) is 17.6. The summed E-state index contributed by atoms with van der Waals surface area (Å²) in [6.07, 6.45) is -7.22. The zero-order chi connectivity index (χ0) is 35.9. The summed E-state index contributed by atoms with van der Waals surface area (Å²) in [4.78, 5) is 78.8. The number of carboxylic acid groups (broad SMARTS) is 2. The Morgan fingerprint density at radius 1 is 0.980 bits per heavy atom. The number of aliphatic carboxylic acids is 1. The van der Waals surface area contributed by atoms with Crippen molar-refractivity contribution < 1.29 is 56.9 Å².